The van der Waals surface area contributed by atoms with Gasteiger partial charge in [-0.2, -0.15) is 0 Å². The predicted octanol–water partition coefficient (Wildman–Crippen LogP) is 2.71. The zero-order chi connectivity index (χ0) is 17.7. The van der Waals surface area contributed by atoms with Crippen LogP contribution in [-0.4, -0.2) is 40.5 Å². The maximum Gasteiger partial charge on any atom is 0.245 e. The highest BCUT2D eigenvalue weighted by Gasteiger charge is 2.23. The van der Waals surface area contributed by atoms with Gasteiger partial charge in [-0.25, -0.2) is 17.1 Å². The first-order valence-corrected chi connectivity index (χ1v) is 8.76. The highest BCUT2D eigenvalue weighted by atomic mass is 32.2. The second-order valence-corrected chi connectivity index (χ2v) is 7.21. The summed E-state index contributed by atoms with van der Waals surface area (Å²) in [7, 11) is 0.653. The van der Waals surface area contributed by atoms with Gasteiger partial charge in [0, 0.05) is 13.6 Å². The molecule has 5 nitrogen and oxygen atoms in total. The Labute approximate surface area is 141 Å². The Hall–Kier alpha value is -2.12. The third-order valence-corrected chi connectivity index (χ3v) is 5.58. The molecule has 24 heavy (non-hydrogen) atoms. The van der Waals surface area contributed by atoms with Crippen LogP contribution in [0.1, 0.15) is 5.56 Å². The fourth-order valence-corrected chi connectivity index (χ4v) is 3.50. The minimum Gasteiger partial charge on any atom is -0.493 e. The number of likely N-dealkylation sites (N-methyl/N-ethyl adjacent to an activating group) is 1. The summed E-state index contributed by atoms with van der Waals surface area (Å²) in [5, 5.41) is 0. The van der Waals surface area contributed by atoms with Gasteiger partial charge in [0.1, 0.15) is 10.7 Å². The van der Waals surface area contributed by atoms with E-state index in [9.17, 15) is 12.8 Å². The van der Waals surface area contributed by atoms with Crippen LogP contribution < -0.4 is 9.47 Å². The van der Waals surface area contributed by atoms with E-state index in [2.05, 4.69) is 0 Å². The summed E-state index contributed by atoms with van der Waals surface area (Å²) in [5.41, 5.74) is 0.892. The molecule has 0 spiro atoms. The standard InChI is InChI=1S/C17H20FNO4S/c1-19(24(20,21)17-7-5-4-6-14(17)18)11-10-13-8-9-15(22-2)16(12-13)23-3/h4-9,12H,10-11H2,1-3H3. The van der Waals surface area contributed by atoms with Crippen LogP contribution in [0.3, 0.4) is 0 Å². The minimum atomic E-state index is -3.87. The number of sulfonamides is 1. The number of hydrogen-bond donors (Lipinski definition) is 0. The largest absolute Gasteiger partial charge is 0.493 e. The fraction of sp³-hybridized carbons (Fsp3) is 0.294. The van der Waals surface area contributed by atoms with Crippen molar-refractivity contribution >= 4 is 10.0 Å². The first-order valence-electron chi connectivity index (χ1n) is 7.32. The fourth-order valence-electron chi connectivity index (χ4n) is 2.26. The van der Waals surface area contributed by atoms with Gasteiger partial charge in [0.2, 0.25) is 10.0 Å². The summed E-state index contributed by atoms with van der Waals surface area (Å²) in [6, 6.07) is 10.7. The lowest BCUT2D eigenvalue weighted by molar-refractivity contribution is 0.354. The maximum atomic E-state index is 13.8. The van der Waals surface area contributed by atoms with Crippen molar-refractivity contribution in [2.24, 2.45) is 0 Å². The highest BCUT2D eigenvalue weighted by molar-refractivity contribution is 7.89. The zero-order valence-corrected chi connectivity index (χ0v) is 14.6. The zero-order valence-electron chi connectivity index (χ0n) is 13.8. The molecule has 0 fully saturated rings. The van der Waals surface area contributed by atoms with Crippen molar-refractivity contribution in [3.8, 4) is 11.5 Å². The van der Waals surface area contributed by atoms with E-state index in [1.54, 1.807) is 19.2 Å². The third-order valence-electron chi connectivity index (χ3n) is 3.69. The summed E-state index contributed by atoms with van der Waals surface area (Å²) in [4.78, 5) is -0.320. The van der Waals surface area contributed by atoms with Gasteiger partial charge in [-0.3, -0.25) is 0 Å². The van der Waals surface area contributed by atoms with E-state index in [0.717, 1.165) is 15.9 Å². The normalized spacial score (nSPS) is 11.5. The molecule has 2 rings (SSSR count). The lowest BCUT2D eigenvalue weighted by Gasteiger charge is -2.18. The molecule has 0 aliphatic carbocycles. The van der Waals surface area contributed by atoms with E-state index >= 15 is 0 Å². The monoisotopic (exact) mass is 353 g/mol. The van der Waals surface area contributed by atoms with E-state index in [0.29, 0.717) is 17.9 Å². The first-order chi connectivity index (χ1) is 11.4. The molecule has 0 saturated heterocycles. The van der Waals surface area contributed by atoms with Crippen molar-refractivity contribution in [2.45, 2.75) is 11.3 Å². The number of benzene rings is 2. The van der Waals surface area contributed by atoms with Gasteiger partial charge in [-0.15, -0.1) is 0 Å². The van der Waals surface area contributed by atoms with Crippen LogP contribution in [0.5, 0.6) is 11.5 Å². The van der Waals surface area contributed by atoms with Crippen LogP contribution in [0.25, 0.3) is 0 Å². The lowest BCUT2D eigenvalue weighted by atomic mass is 10.1. The van der Waals surface area contributed by atoms with Gasteiger partial charge >= 0.3 is 0 Å². The van der Waals surface area contributed by atoms with Gasteiger partial charge in [0.15, 0.2) is 11.5 Å². The molecule has 130 valence electrons. The van der Waals surface area contributed by atoms with E-state index in [-0.39, 0.29) is 11.4 Å². The quantitative estimate of drug-likeness (QED) is 0.768. The molecular formula is C17H20FNO4S. The molecule has 0 unspecified atom stereocenters. The van der Waals surface area contributed by atoms with Crippen LogP contribution >= 0.6 is 0 Å². The van der Waals surface area contributed by atoms with Crippen LogP contribution in [0, 0.1) is 5.82 Å². The van der Waals surface area contributed by atoms with E-state index < -0.39 is 15.8 Å². The van der Waals surface area contributed by atoms with Crippen molar-refractivity contribution in [3.05, 3.63) is 53.8 Å². The second kappa shape index (κ2) is 7.63. The van der Waals surface area contributed by atoms with Crippen molar-refractivity contribution in [1.82, 2.24) is 4.31 Å². The Morgan fingerprint density at radius 1 is 1.04 bits per heavy atom. The van der Waals surface area contributed by atoms with Crippen LogP contribution in [0.4, 0.5) is 4.39 Å². The molecule has 0 saturated carbocycles. The molecule has 0 aliphatic heterocycles. The van der Waals surface area contributed by atoms with Gasteiger partial charge in [-0.05, 0) is 36.2 Å². The van der Waals surface area contributed by atoms with Crippen molar-refractivity contribution in [1.29, 1.82) is 0 Å². The molecule has 2 aromatic rings. The Morgan fingerprint density at radius 3 is 2.33 bits per heavy atom. The number of hydrogen-bond acceptors (Lipinski definition) is 4. The second-order valence-electron chi connectivity index (χ2n) is 5.20. The summed E-state index contributed by atoms with van der Waals surface area (Å²) in [6.07, 6.45) is 0.463. The highest BCUT2D eigenvalue weighted by Crippen LogP contribution is 2.28. The Balaban J connectivity index is 2.13. The van der Waals surface area contributed by atoms with Gasteiger partial charge in [0.05, 0.1) is 14.2 Å². The molecule has 0 atom stereocenters. The summed E-state index contributed by atoms with van der Waals surface area (Å²) < 4.78 is 50.2. The average molecular weight is 353 g/mol. The van der Waals surface area contributed by atoms with Gasteiger partial charge in [-0.1, -0.05) is 18.2 Å². The smallest absolute Gasteiger partial charge is 0.245 e. The lowest BCUT2D eigenvalue weighted by Crippen LogP contribution is -2.29. The van der Waals surface area contributed by atoms with E-state index in [1.165, 1.54) is 32.4 Å². The third kappa shape index (κ3) is 3.85. The Bertz CT molecular complexity index is 808. The van der Waals surface area contributed by atoms with Crippen LogP contribution in [0.2, 0.25) is 0 Å². The molecule has 7 heteroatoms. The van der Waals surface area contributed by atoms with Crippen LogP contribution in [0.15, 0.2) is 47.4 Å². The number of methoxy groups -OCH3 is 2. The van der Waals surface area contributed by atoms with E-state index in [4.69, 9.17) is 9.47 Å². The number of halogens is 1. The molecule has 0 N–H and O–H groups in total. The summed E-state index contributed by atoms with van der Waals surface area (Å²) in [6.45, 7) is 0.214. The topological polar surface area (TPSA) is 55.8 Å². The molecular weight excluding hydrogens is 333 g/mol. The molecule has 0 heterocycles. The number of nitrogens with zero attached hydrogens (tertiary/aromatic N) is 1. The van der Waals surface area contributed by atoms with Gasteiger partial charge in [0.25, 0.3) is 0 Å². The molecule has 0 aliphatic rings. The van der Waals surface area contributed by atoms with Crippen molar-refractivity contribution in [3.63, 3.8) is 0 Å². The Morgan fingerprint density at radius 2 is 1.71 bits per heavy atom. The predicted molar refractivity (Wildman–Crippen MR) is 89.5 cm³/mol. The minimum absolute atomic E-state index is 0.214. The number of rotatable bonds is 7. The SMILES string of the molecule is COc1ccc(CCN(C)S(=O)(=O)c2ccccc2F)cc1OC. The van der Waals surface area contributed by atoms with E-state index in [1.807, 2.05) is 6.07 Å². The van der Waals surface area contributed by atoms with Crippen LogP contribution in [-0.2, 0) is 16.4 Å². The Kier molecular flexibility index (Phi) is 5.80. The summed E-state index contributed by atoms with van der Waals surface area (Å²) in [5.74, 6) is 0.429. The average Bonchev–Trinajstić information content (AvgIpc) is 2.59. The molecule has 0 amide bonds. The van der Waals surface area contributed by atoms with Crippen molar-refractivity contribution < 1.29 is 22.3 Å². The number of ether oxygens (including phenoxy) is 2. The molecule has 2 aromatic carbocycles. The molecule has 0 bridgehead atoms. The first kappa shape index (κ1) is 18.2. The summed E-state index contributed by atoms with van der Waals surface area (Å²) >= 11 is 0. The van der Waals surface area contributed by atoms with Crippen molar-refractivity contribution in [2.75, 3.05) is 27.8 Å². The molecule has 0 aromatic heterocycles. The molecule has 0 radical (unpaired) electrons. The van der Waals surface area contributed by atoms with Gasteiger partial charge < -0.3 is 9.47 Å². The maximum absolute atomic E-state index is 13.8.